The lowest BCUT2D eigenvalue weighted by molar-refractivity contribution is 0.472. The lowest BCUT2D eigenvalue weighted by atomic mass is 10.2. The SMILES string of the molecule is CC(C)n1c(-c2cc(I)cc(I)c2O)nc2cccnc21. The minimum Gasteiger partial charge on any atom is -0.506 e. The highest BCUT2D eigenvalue weighted by Gasteiger charge is 2.19. The maximum Gasteiger partial charge on any atom is 0.160 e. The maximum atomic E-state index is 10.4. The molecule has 0 aliphatic rings. The van der Waals surface area contributed by atoms with Crippen molar-refractivity contribution in [3.63, 3.8) is 0 Å². The van der Waals surface area contributed by atoms with E-state index < -0.39 is 0 Å². The van der Waals surface area contributed by atoms with Crippen molar-refractivity contribution in [3.8, 4) is 17.1 Å². The van der Waals surface area contributed by atoms with E-state index >= 15 is 0 Å². The fourth-order valence-electron chi connectivity index (χ4n) is 2.35. The van der Waals surface area contributed by atoms with E-state index in [2.05, 4.69) is 73.6 Å². The average molecular weight is 505 g/mol. The highest BCUT2D eigenvalue weighted by Crippen LogP contribution is 2.36. The fourth-order valence-corrected chi connectivity index (χ4v) is 4.19. The number of halogens is 2. The molecule has 3 aromatic rings. The van der Waals surface area contributed by atoms with E-state index in [-0.39, 0.29) is 11.8 Å². The minimum absolute atomic E-state index is 0.204. The van der Waals surface area contributed by atoms with Crippen molar-refractivity contribution < 1.29 is 5.11 Å². The van der Waals surface area contributed by atoms with E-state index in [9.17, 15) is 5.11 Å². The topological polar surface area (TPSA) is 50.9 Å². The first-order valence-electron chi connectivity index (χ1n) is 6.50. The molecule has 2 aromatic heterocycles. The van der Waals surface area contributed by atoms with E-state index in [0.29, 0.717) is 0 Å². The van der Waals surface area contributed by atoms with Crippen LogP contribution in [0.15, 0.2) is 30.5 Å². The normalized spacial score (nSPS) is 11.5. The zero-order valence-electron chi connectivity index (χ0n) is 11.5. The monoisotopic (exact) mass is 505 g/mol. The Bertz CT molecular complexity index is 827. The van der Waals surface area contributed by atoms with Crippen LogP contribution in [0.4, 0.5) is 0 Å². The first kappa shape index (κ1) is 15.0. The Morgan fingerprint density at radius 3 is 2.71 bits per heavy atom. The third-order valence-corrected chi connectivity index (χ3v) is 4.68. The van der Waals surface area contributed by atoms with Crippen LogP contribution < -0.4 is 0 Å². The highest BCUT2D eigenvalue weighted by molar-refractivity contribution is 14.1. The van der Waals surface area contributed by atoms with Crippen molar-refractivity contribution in [1.82, 2.24) is 14.5 Å². The molecule has 0 saturated heterocycles. The van der Waals surface area contributed by atoms with Crippen molar-refractivity contribution in [1.29, 1.82) is 0 Å². The van der Waals surface area contributed by atoms with Gasteiger partial charge < -0.3 is 9.67 Å². The lowest BCUT2D eigenvalue weighted by Gasteiger charge is -2.14. The first-order valence-corrected chi connectivity index (χ1v) is 8.66. The van der Waals surface area contributed by atoms with Gasteiger partial charge in [-0.1, -0.05) is 0 Å². The Kier molecular flexibility index (Phi) is 4.08. The van der Waals surface area contributed by atoms with E-state index in [1.807, 2.05) is 24.3 Å². The Morgan fingerprint density at radius 1 is 1.24 bits per heavy atom. The maximum absolute atomic E-state index is 10.4. The third-order valence-electron chi connectivity index (χ3n) is 3.23. The molecule has 1 aromatic carbocycles. The molecule has 0 aliphatic carbocycles. The number of rotatable bonds is 2. The average Bonchev–Trinajstić information content (AvgIpc) is 2.82. The molecule has 6 heteroatoms. The number of nitrogens with zero attached hydrogens (tertiary/aromatic N) is 3. The van der Waals surface area contributed by atoms with Gasteiger partial charge in [-0.25, -0.2) is 9.97 Å². The van der Waals surface area contributed by atoms with Crippen molar-refractivity contribution in [2.75, 3.05) is 0 Å². The summed E-state index contributed by atoms with van der Waals surface area (Å²) in [5.74, 6) is 1.03. The van der Waals surface area contributed by atoms with Gasteiger partial charge in [0.1, 0.15) is 17.1 Å². The number of fused-ring (bicyclic) bond motifs is 1. The van der Waals surface area contributed by atoms with Crippen LogP contribution >= 0.6 is 45.2 Å². The van der Waals surface area contributed by atoms with E-state index in [0.717, 1.165) is 29.7 Å². The van der Waals surface area contributed by atoms with E-state index in [1.54, 1.807) is 6.20 Å². The third kappa shape index (κ3) is 2.63. The van der Waals surface area contributed by atoms with Crippen LogP contribution in [0.1, 0.15) is 19.9 Å². The minimum atomic E-state index is 0.204. The molecule has 0 bridgehead atoms. The van der Waals surface area contributed by atoms with Gasteiger partial charge >= 0.3 is 0 Å². The predicted octanol–water partition coefficient (Wildman–Crippen LogP) is 4.59. The number of pyridine rings is 1. The number of aromatic hydroxyl groups is 1. The molecule has 3 rings (SSSR count). The molecule has 108 valence electrons. The van der Waals surface area contributed by atoms with E-state index in [4.69, 9.17) is 0 Å². The standard InChI is InChI=1S/C15H13I2N3O/c1-8(2)20-14(19-12-4-3-5-18-15(12)20)10-6-9(16)7-11(17)13(10)21/h3-8,21H,1-2H3. The smallest absolute Gasteiger partial charge is 0.160 e. The zero-order valence-corrected chi connectivity index (χ0v) is 15.8. The molecule has 0 atom stereocenters. The van der Waals surface area contributed by atoms with Crippen molar-refractivity contribution in [2.24, 2.45) is 0 Å². The van der Waals surface area contributed by atoms with Crippen LogP contribution in [0.3, 0.4) is 0 Å². The Balaban J connectivity index is 2.38. The van der Waals surface area contributed by atoms with Crippen LogP contribution in [-0.4, -0.2) is 19.6 Å². The Labute approximate surface area is 149 Å². The number of aromatic nitrogens is 3. The van der Waals surface area contributed by atoms with Gasteiger partial charge in [-0.15, -0.1) is 0 Å². The molecular weight excluding hydrogens is 492 g/mol. The number of phenolic OH excluding ortho intramolecular Hbond substituents is 1. The fraction of sp³-hybridized carbons (Fsp3) is 0.200. The second-order valence-corrected chi connectivity index (χ2v) is 7.44. The van der Waals surface area contributed by atoms with Gasteiger partial charge in [0.15, 0.2) is 5.65 Å². The van der Waals surface area contributed by atoms with Gasteiger partial charge in [0.2, 0.25) is 0 Å². The summed E-state index contributed by atoms with van der Waals surface area (Å²) in [5, 5.41) is 10.4. The molecule has 0 aliphatic heterocycles. The van der Waals surface area contributed by atoms with Gasteiger partial charge in [-0.3, -0.25) is 0 Å². The van der Waals surface area contributed by atoms with Gasteiger partial charge in [0.25, 0.3) is 0 Å². The van der Waals surface area contributed by atoms with Gasteiger partial charge in [0.05, 0.1) is 9.13 Å². The summed E-state index contributed by atoms with van der Waals surface area (Å²) < 4.78 is 3.96. The van der Waals surface area contributed by atoms with Crippen LogP contribution in [0.5, 0.6) is 5.75 Å². The molecule has 2 heterocycles. The predicted molar refractivity (Wildman–Crippen MR) is 100 cm³/mol. The largest absolute Gasteiger partial charge is 0.506 e. The number of hydrogen-bond acceptors (Lipinski definition) is 3. The lowest BCUT2D eigenvalue weighted by Crippen LogP contribution is -2.04. The molecule has 21 heavy (non-hydrogen) atoms. The zero-order chi connectivity index (χ0) is 15.1. The number of phenols is 1. The molecule has 0 fully saturated rings. The van der Waals surface area contributed by atoms with E-state index in [1.165, 1.54) is 0 Å². The second kappa shape index (κ2) is 5.71. The van der Waals surface area contributed by atoms with Crippen molar-refractivity contribution in [2.45, 2.75) is 19.9 Å². The summed E-state index contributed by atoms with van der Waals surface area (Å²) in [6.45, 7) is 4.18. The summed E-state index contributed by atoms with van der Waals surface area (Å²) in [7, 11) is 0. The summed E-state index contributed by atoms with van der Waals surface area (Å²) >= 11 is 4.40. The highest BCUT2D eigenvalue weighted by atomic mass is 127. The summed E-state index contributed by atoms with van der Waals surface area (Å²) in [6, 6.07) is 7.93. The molecule has 0 unspecified atom stereocenters. The Hall–Kier alpha value is -0.900. The van der Waals surface area contributed by atoms with Crippen LogP contribution in [0.25, 0.3) is 22.6 Å². The molecule has 0 spiro atoms. The van der Waals surface area contributed by atoms with Crippen molar-refractivity contribution in [3.05, 3.63) is 37.6 Å². The quantitative estimate of drug-likeness (QED) is 0.519. The molecule has 1 N–H and O–H groups in total. The molecular formula is C15H13I2N3O. The molecule has 0 radical (unpaired) electrons. The number of hydrogen-bond donors (Lipinski definition) is 1. The molecule has 0 amide bonds. The molecule has 4 nitrogen and oxygen atoms in total. The van der Waals surface area contributed by atoms with Crippen LogP contribution in [0.2, 0.25) is 0 Å². The Morgan fingerprint density at radius 2 is 2.00 bits per heavy atom. The van der Waals surface area contributed by atoms with Crippen LogP contribution in [-0.2, 0) is 0 Å². The van der Waals surface area contributed by atoms with Crippen molar-refractivity contribution >= 4 is 56.3 Å². The van der Waals surface area contributed by atoms with Gasteiger partial charge in [-0.05, 0) is 83.3 Å². The number of benzene rings is 1. The van der Waals surface area contributed by atoms with Crippen LogP contribution in [0, 0.1) is 7.14 Å². The number of imidazole rings is 1. The van der Waals surface area contributed by atoms with Gasteiger partial charge in [-0.2, -0.15) is 0 Å². The van der Waals surface area contributed by atoms with Gasteiger partial charge in [0, 0.05) is 15.8 Å². The second-order valence-electron chi connectivity index (χ2n) is 5.03. The summed E-state index contributed by atoms with van der Waals surface area (Å²) in [5.41, 5.74) is 2.43. The summed E-state index contributed by atoms with van der Waals surface area (Å²) in [6.07, 6.45) is 1.77. The first-order chi connectivity index (χ1) is 9.99. The summed E-state index contributed by atoms with van der Waals surface area (Å²) in [4.78, 5) is 9.12. The molecule has 0 saturated carbocycles.